The first-order chi connectivity index (χ1) is 8.38. The Labute approximate surface area is 101 Å². The summed E-state index contributed by atoms with van der Waals surface area (Å²) in [5.41, 5.74) is 1.20. The summed E-state index contributed by atoms with van der Waals surface area (Å²) in [6, 6.07) is 10.1. The minimum Gasteiger partial charge on any atom is -0.338 e. The Hall–Kier alpha value is -1.68. The van der Waals surface area contributed by atoms with E-state index in [4.69, 9.17) is 4.52 Å². The van der Waals surface area contributed by atoms with Gasteiger partial charge in [-0.05, 0) is 18.5 Å². The molecule has 0 saturated carbocycles. The highest BCUT2D eigenvalue weighted by Gasteiger charge is 2.06. The van der Waals surface area contributed by atoms with Crippen molar-refractivity contribution in [1.29, 1.82) is 0 Å². The predicted octanol–water partition coefficient (Wildman–Crippen LogP) is 2.16. The van der Waals surface area contributed by atoms with Crippen LogP contribution in [0.15, 0.2) is 34.9 Å². The van der Waals surface area contributed by atoms with Gasteiger partial charge in [-0.1, -0.05) is 42.4 Å². The molecule has 0 amide bonds. The van der Waals surface area contributed by atoms with Crippen LogP contribution in [0, 0.1) is 0 Å². The Morgan fingerprint density at radius 2 is 2.06 bits per heavy atom. The molecule has 0 bridgehead atoms. The first kappa shape index (κ1) is 11.8. The molecular weight excluding hydrogens is 214 g/mol. The summed E-state index contributed by atoms with van der Waals surface area (Å²) in [5, 5.41) is 7.20. The zero-order valence-corrected chi connectivity index (χ0v) is 10.0. The third kappa shape index (κ3) is 3.67. The summed E-state index contributed by atoms with van der Waals surface area (Å²) in [6.45, 7) is 3.74. The van der Waals surface area contributed by atoms with Crippen molar-refractivity contribution in [3.63, 3.8) is 0 Å². The Bertz CT molecular complexity index is 439. The number of aromatic nitrogens is 2. The molecule has 0 aliphatic heterocycles. The van der Waals surface area contributed by atoms with E-state index in [0.717, 1.165) is 25.2 Å². The smallest absolute Gasteiger partial charge is 0.240 e. The van der Waals surface area contributed by atoms with E-state index >= 15 is 0 Å². The number of rotatable bonds is 6. The Kier molecular flexibility index (Phi) is 4.27. The lowest BCUT2D eigenvalue weighted by molar-refractivity contribution is 0.363. The molecule has 1 heterocycles. The number of nitrogens with zero attached hydrogens (tertiary/aromatic N) is 2. The predicted molar refractivity (Wildman–Crippen MR) is 65.5 cm³/mol. The Morgan fingerprint density at radius 3 is 2.82 bits per heavy atom. The van der Waals surface area contributed by atoms with Crippen molar-refractivity contribution in [1.82, 2.24) is 15.5 Å². The molecule has 0 radical (unpaired) electrons. The van der Waals surface area contributed by atoms with Gasteiger partial charge in [0.15, 0.2) is 5.82 Å². The van der Waals surface area contributed by atoms with Gasteiger partial charge in [-0.2, -0.15) is 4.98 Å². The lowest BCUT2D eigenvalue weighted by atomic mass is 10.1. The van der Waals surface area contributed by atoms with E-state index in [1.54, 1.807) is 0 Å². The molecule has 0 atom stereocenters. The van der Waals surface area contributed by atoms with Crippen molar-refractivity contribution < 1.29 is 4.52 Å². The second-order valence-corrected chi connectivity index (χ2v) is 3.94. The second kappa shape index (κ2) is 6.15. The van der Waals surface area contributed by atoms with E-state index in [-0.39, 0.29) is 0 Å². The van der Waals surface area contributed by atoms with Crippen LogP contribution >= 0.6 is 0 Å². The van der Waals surface area contributed by atoms with Crippen LogP contribution < -0.4 is 5.32 Å². The van der Waals surface area contributed by atoms with Crippen molar-refractivity contribution in [3.8, 4) is 0 Å². The zero-order chi connectivity index (χ0) is 11.9. The summed E-state index contributed by atoms with van der Waals surface area (Å²) in [4.78, 5) is 4.34. The van der Waals surface area contributed by atoms with Crippen LogP contribution in [-0.4, -0.2) is 16.7 Å². The fourth-order valence-electron chi connectivity index (χ4n) is 1.58. The summed E-state index contributed by atoms with van der Waals surface area (Å²) < 4.78 is 5.16. The molecular formula is C13H17N3O. The van der Waals surface area contributed by atoms with Gasteiger partial charge < -0.3 is 9.84 Å². The summed E-state index contributed by atoms with van der Waals surface area (Å²) in [6.07, 6.45) is 1.82. The largest absolute Gasteiger partial charge is 0.338 e. The number of nitrogens with one attached hydrogen (secondary N) is 1. The van der Waals surface area contributed by atoms with Crippen molar-refractivity contribution in [3.05, 3.63) is 47.6 Å². The molecule has 2 rings (SSSR count). The van der Waals surface area contributed by atoms with Crippen LogP contribution in [0.4, 0.5) is 0 Å². The van der Waals surface area contributed by atoms with Crippen molar-refractivity contribution >= 4 is 0 Å². The van der Waals surface area contributed by atoms with Gasteiger partial charge in [0.05, 0.1) is 6.54 Å². The monoisotopic (exact) mass is 231 g/mol. The van der Waals surface area contributed by atoms with Crippen LogP contribution in [-0.2, 0) is 13.0 Å². The van der Waals surface area contributed by atoms with Gasteiger partial charge in [-0.15, -0.1) is 0 Å². The molecule has 2 aromatic rings. The first-order valence-corrected chi connectivity index (χ1v) is 5.94. The highest BCUT2D eigenvalue weighted by atomic mass is 16.5. The van der Waals surface area contributed by atoms with E-state index in [9.17, 15) is 0 Å². The van der Waals surface area contributed by atoms with Crippen LogP contribution in [0.1, 0.15) is 30.6 Å². The second-order valence-electron chi connectivity index (χ2n) is 3.94. The van der Waals surface area contributed by atoms with Gasteiger partial charge in [0.1, 0.15) is 0 Å². The van der Waals surface area contributed by atoms with E-state index < -0.39 is 0 Å². The molecule has 1 aromatic carbocycles. The van der Waals surface area contributed by atoms with Gasteiger partial charge in [-0.25, -0.2) is 0 Å². The van der Waals surface area contributed by atoms with Gasteiger partial charge in [0, 0.05) is 6.42 Å². The molecule has 90 valence electrons. The number of benzene rings is 1. The third-order valence-corrected chi connectivity index (χ3v) is 2.42. The fourth-order valence-corrected chi connectivity index (χ4v) is 1.58. The molecule has 0 unspecified atom stereocenters. The van der Waals surface area contributed by atoms with E-state index in [1.807, 2.05) is 18.2 Å². The molecule has 4 nitrogen and oxygen atoms in total. The molecule has 0 aliphatic carbocycles. The third-order valence-electron chi connectivity index (χ3n) is 2.42. The lowest BCUT2D eigenvalue weighted by Crippen LogP contribution is -2.13. The summed E-state index contributed by atoms with van der Waals surface area (Å²) in [5.74, 6) is 1.40. The summed E-state index contributed by atoms with van der Waals surface area (Å²) in [7, 11) is 0. The minimum atomic E-state index is 0.648. The SMILES string of the molecule is CCCNCc1nc(Cc2ccccc2)no1. The average Bonchev–Trinajstić information content (AvgIpc) is 2.79. The maximum Gasteiger partial charge on any atom is 0.240 e. The molecule has 0 saturated heterocycles. The Balaban J connectivity index is 1.90. The zero-order valence-electron chi connectivity index (χ0n) is 10.0. The van der Waals surface area contributed by atoms with Crippen LogP contribution in [0.25, 0.3) is 0 Å². The molecule has 17 heavy (non-hydrogen) atoms. The van der Waals surface area contributed by atoms with Gasteiger partial charge in [0.2, 0.25) is 5.89 Å². The molecule has 0 fully saturated rings. The average molecular weight is 231 g/mol. The van der Waals surface area contributed by atoms with Crippen molar-refractivity contribution in [2.75, 3.05) is 6.54 Å². The summed E-state index contributed by atoms with van der Waals surface area (Å²) >= 11 is 0. The molecule has 0 spiro atoms. The number of hydrogen-bond acceptors (Lipinski definition) is 4. The molecule has 0 aliphatic rings. The highest BCUT2D eigenvalue weighted by Crippen LogP contribution is 2.06. The topological polar surface area (TPSA) is 51.0 Å². The highest BCUT2D eigenvalue weighted by molar-refractivity contribution is 5.18. The Morgan fingerprint density at radius 1 is 1.24 bits per heavy atom. The lowest BCUT2D eigenvalue weighted by Gasteiger charge is -1.96. The molecule has 4 heteroatoms. The molecule has 1 aromatic heterocycles. The van der Waals surface area contributed by atoms with E-state index in [2.05, 4.69) is 34.5 Å². The molecule has 1 N–H and O–H groups in total. The van der Waals surface area contributed by atoms with Gasteiger partial charge in [-0.3, -0.25) is 0 Å². The van der Waals surface area contributed by atoms with Crippen LogP contribution in [0.3, 0.4) is 0 Å². The fraction of sp³-hybridized carbons (Fsp3) is 0.385. The maximum atomic E-state index is 5.16. The van der Waals surface area contributed by atoms with Crippen LogP contribution in [0.2, 0.25) is 0 Å². The van der Waals surface area contributed by atoms with Crippen molar-refractivity contribution in [2.45, 2.75) is 26.3 Å². The quantitative estimate of drug-likeness (QED) is 0.774. The van der Waals surface area contributed by atoms with E-state index in [0.29, 0.717) is 12.4 Å². The minimum absolute atomic E-state index is 0.648. The van der Waals surface area contributed by atoms with Crippen LogP contribution in [0.5, 0.6) is 0 Å². The van der Waals surface area contributed by atoms with E-state index in [1.165, 1.54) is 5.56 Å². The van der Waals surface area contributed by atoms with Gasteiger partial charge in [0.25, 0.3) is 0 Å². The standard InChI is InChI=1S/C13H17N3O/c1-2-8-14-10-13-15-12(16-17-13)9-11-6-4-3-5-7-11/h3-7,14H,2,8-10H2,1H3. The first-order valence-electron chi connectivity index (χ1n) is 5.94. The number of hydrogen-bond donors (Lipinski definition) is 1. The normalized spacial score (nSPS) is 10.6. The van der Waals surface area contributed by atoms with Gasteiger partial charge >= 0.3 is 0 Å². The van der Waals surface area contributed by atoms with Crippen molar-refractivity contribution in [2.24, 2.45) is 0 Å². The maximum absolute atomic E-state index is 5.16.